The van der Waals surface area contributed by atoms with Crippen molar-refractivity contribution in [3.63, 3.8) is 0 Å². The minimum atomic E-state index is -1.61. The Morgan fingerprint density at radius 3 is 0.791 bits per heavy atom. The SMILES string of the molecule is CCCCCCCCCCCCCC(OC(CCCCCCCCCCCCC)[Si](C)(C)C(C)(C)C)[Si](C)(C)C(C)(C)C. The van der Waals surface area contributed by atoms with Crippen LogP contribution in [0.2, 0.25) is 36.3 Å². The summed E-state index contributed by atoms with van der Waals surface area (Å²) in [6.45, 7) is 30.2. The summed E-state index contributed by atoms with van der Waals surface area (Å²) in [5, 5.41) is 0.730. The summed E-state index contributed by atoms with van der Waals surface area (Å²) >= 11 is 0. The van der Waals surface area contributed by atoms with Crippen molar-refractivity contribution >= 4 is 16.1 Å². The van der Waals surface area contributed by atoms with E-state index in [1.165, 1.54) is 154 Å². The van der Waals surface area contributed by atoms with Crippen LogP contribution in [-0.4, -0.2) is 27.6 Å². The average Bonchev–Trinajstić information content (AvgIpc) is 2.91. The molecular weight excluding hydrogens is 553 g/mol. The zero-order valence-corrected chi connectivity index (χ0v) is 34.5. The van der Waals surface area contributed by atoms with Gasteiger partial charge in [-0.05, 0) is 22.9 Å². The van der Waals surface area contributed by atoms with E-state index in [0.717, 1.165) is 0 Å². The van der Waals surface area contributed by atoms with Crippen LogP contribution in [0.3, 0.4) is 0 Å². The molecule has 0 spiro atoms. The van der Waals surface area contributed by atoms with Gasteiger partial charge in [0.05, 0.1) is 16.1 Å². The van der Waals surface area contributed by atoms with E-state index in [1.54, 1.807) is 0 Å². The molecular formula is C40H86OSi2. The molecule has 2 unspecified atom stereocenters. The first-order valence-corrected chi connectivity index (χ1v) is 25.9. The van der Waals surface area contributed by atoms with Gasteiger partial charge in [-0.3, -0.25) is 0 Å². The van der Waals surface area contributed by atoms with Crippen LogP contribution in [0, 0.1) is 0 Å². The van der Waals surface area contributed by atoms with Crippen molar-refractivity contribution in [1.82, 2.24) is 0 Å². The quantitative estimate of drug-likeness (QED) is 0.0612. The molecule has 3 heteroatoms. The first kappa shape index (κ1) is 43.4. The Morgan fingerprint density at radius 2 is 0.581 bits per heavy atom. The average molecular weight is 639 g/mol. The van der Waals surface area contributed by atoms with Crippen molar-refractivity contribution in [3.8, 4) is 0 Å². The largest absolute Gasteiger partial charge is 0.382 e. The molecule has 0 saturated heterocycles. The van der Waals surface area contributed by atoms with Crippen LogP contribution >= 0.6 is 0 Å². The fraction of sp³-hybridized carbons (Fsp3) is 1.00. The van der Waals surface area contributed by atoms with Crippen LogP contribution in [0.1, 0.15) is 209 Å². The fourth-order valence-corrected chi connectivity index (χ4v) is 11.3. The van der Waals surface area contributed by atoms with Gasteiger partial charge in [0, 0.05) is 11.5 Å². The molecule has 0 amide bonds. The Hall–Kier alpha value is 0.394. The van der Waals surface area contributed by atoms with Crippen molar-refractivity contribution < 1.29 is 4.74 Å². The van der Waals surface area contributed by atoms with Crippen molar-refractivity contribution in [2.75, 3.05) is 0 Å². The van der Waals surface area contributed by atoms with Gasteiger partial charge in [0.2, 0.25) is 0 Å². The van der Waals surface area contributed by atoms with Gasteiger partial charge >= 0.3 is 0 Å². The lowest BCUT2D eigenvalue weighted by atomic mass is 10.1. The summed E-state index contributed by atoms with van der Waals surface area (Å²) in [5.41, 5.74) is 0.968. The molecule has 0 heterocycles. The van der Waals surface area contributed by atoms with Crippen LogP contribution in [0.25, 0.3) is 0 Å². The number of rotatable bonds is 28. The Labute approximate surface area is 277 Å². The first-order chi connectivity index (χ1) is 20.1. The van der Waals surface area contributed by atoms with E-state index >= 15 is 0 Å². The monoisotopic (exact) mass is 639 g/mol. The van der Waals surface area contributed by atoms with Gasteiger partial charge in [0.15, 0.2) is 0 Å². The minimum absolute atomic E-state index is 0.365. The lowest BCUT2D eigenvalue weighted by Crippen LogP contribution is -2.57. The molecule has 0 aliphatic rings. The molecule has 0 fully saturated rings. The molecule has 0 bridgehead atoms. The molecule has 0 saturated carbocycles. The molecule has 0 aliphatic carbocycles. The van der Waals surface area contributed by atoms with Crippen LogP contribution in [0.4, 0.5) is 0 Å². The van der Waals surface area contributed by atoms with Gasteiger partial charge < -0.3 is 4.74 Å². The predicted molar refractivity (Wildman–Crippen MR) is 205 cm³/mol. The van der Waals surface area contributed by atoms with Gasteiger partial charge in [-0.25, -0.2) is 0 Å². The lowest BCUT2D eigenvalue weighted by Gasteiger charge is -2.49. The van der Waals surface area contributed by atoms with E-state index < -0.39 is 16.1 Å². The van der Waals surface area contributed by atoms with E-state index in [2.05, 4.69) is 81.6 Å². The topological polar surface area (TPSA) is 9.23 Å². The second-order valence-corrected chi connectivity index (χ2v) is 28.9. The molecule has 0 radical (unpaired) electrons. The first-order valence-electron chi connectivity index (χ1n) is 19.8. The van der Waals surface area contributed by atoms with Crippen molar-refractivity contribution in [3.05, 3.63) is 0 Å². The summed E-state index contributed by atoms with van der Waals surface area (Å²) in [5.74, 6) is 0. The van der Waals surface area contributed by atoms with Gasteiger partial charge in [-0.1, -0.05) is 223 Å². The maximum Gasteiger partial charge on any atom is 0.0868 e. The van der Waals surface area contributed by atoms with Crippen molar-refractivity contribution in [1.29, 1.82) is 0 Å². The van der Waals surface area contributed by atoms with E-state index in [9.17, 15) is 0 Å². The molecule has 0 aliphatic heterocycles. The number of unbranched alkanes of at least 4 members (excludes halogenated alkanes) is 20. The van der Waals surface area contributed by atoms with Crippen molar-refractivity contribution in [2.45, 2.75) is 257 Å². The van der Waals surface area contributed by atoms with Gasteiger partial charge in [-0.2, -0.15) is 0 Å². The highest BCUT2D eigenvalue weighted by Gasteiger charge is 2.48. The highest BCUT2D eigenvalue weighted by molar-refractivity contribution is 6.82. The second kappa shape index (κ2) is 23.7. The minimum Gasteiger partial charge on any atom is -0.382 e. The Bertz CT molecular complexity index is 573. The van der Waals surface area contributed by atoms with E-state index in [1.807, 2.05) is 0 Å². The van der Waals surface area contributed by atoms with E-state index in [4.69, 9.17) is 4.74 Å². The smallest absolute Gasteiger partial charge is 0.0868 e. The molecule has 0 N–H and O–H groups in total. The molecule has 0 aromatic rings. The maximum atomic E-state index is 7.54. The Kier molecular flexibility index (Phi) is 23.9. The van der Waals surface area contributed by atoms with Gasteiger partial charge in [0.1, 0.15) is 0 Å². The lowest BCUT2D eigenvalue weighted by molar-refractivity contribution is 0.0499. The summed E-state index contributed by atoms with van der Waals surface area (Å²) in [4.78, 5) is 0. The summed E-state index contributed by atoms with van der Waals surface area (Å²) in [6.07, 6.45) is 33.9. The van der Waals surface area contributed by atoms with Gasteiger partial charge in [-0.15, -0.1) is 0 Å². The number of ether oxygens (including phenoxy) is 1. The van der Waals surface area contributed by atoms with Crippen LogP contribution in [-0.2, 0) is 4.74 Å². The standard InChI is InChI=1S/C40H86OSi2/c1-13-15-17-19-21-23-25-27-29-31-33-35-37(42(9,10)39(3,4)5)41-38(43(11,12)40(6,7)8)36-34-32-30-28-26-24-22-20-18-16-14-2/h37-38H,13-36H2,1-12H3. The Balaban J connectivity index is 5.01. The number of hydrogen-bond acceptors (Lipinski definition) is 1. The second-order valence-electron chi connectivity index (χ2n) is 17.7. The molecule has 2 atom stereocenters. The maximum absolute atomic E-state index is 7.54. The highest BCUT2D eigenvalue weighted by atomic mass is 28.3. The number of hydrogen-bond donors (Lipinski definition) is 0. The molecule has 0 aromatic heterocycles. The van der Waals surface area contributed by atoms with Crippen LogP contribution in [0.5, 0.6) is 0 Å². The zero-order valence-electron chi connectivity index (χ0n) is 32.5. The summed E-state index contributed by atoms with van der Waals surface area (Å²) < 4.78 is 7.54. The third kappa shape index (κ3) is 19.0. The summed E-state index contributed by atoms with van der Waals surface area (Å²) in [6, 6.07) is 0. The van der Waals surface area contributed by atoms with E-state index in [0.29, 0.717) is 21.5 Å². The van der Waals surface area contributed by atoms with Crippen molar-refractivity contribution in [2.24, 2.45) is 0 Å². The molecule has 0 aromatic carbocycles. The Morgan fingerprint density at radius 1 is 0.372 bits per heavy atom. The molecule has 260 valence electrons. The van der Waals surface area contributed by atoms with Crippen LogP contribution in [0.15, 0.2) is 0 Å². The third-order valence-electron chi connectivity index (χ3n) is 11.9. The van der Waals surface area contributed by atoms with Gasteiger partial charge in [0.25, 0.3) is 0 Å². The van der Waals surface area contributed by atoms with Crippen LogP contribution < -0.4 is 0 Å². The summed E-state index contributed by atoms with van der Waals surface area (Å²) in [7, 11) is -3.23. The molecule has 1 nitrogen and oxygen atoms in total. The molecule has 0 rings (SSSR count). The predicted octanol–water partition coefficient (Wildman–Crippen LogP) is 15.2. The molecule has 43 heavy (non-hydrogen) atoms. The fourth-order valence-electron chi connectivity index (χ4n) is 6.35. The normalized spacial score (nSPS) is 14.8. The zero-order chi connectivity index (χ0) is 32.8. The highest BCUT2D eigenvalue weighted by Crippen LogP contribution is 2.45. The van der Waals surface area contributed by atoms with E-state index in [-0.39, 0.29) is 0 Å². The third-order valence-corrected chi connectivity index (χ3v) is 23.7.